The lowest BCUT2D eigenvalue weighted by Crippen LogP contribution is -2.19. The smallest absolute Gasteiger partial charge is 0.361 e. The van der Waals surface area contributed by atoms with E-state index in [1.54, 1.807) is 60.7 Å². The monoisotopic (exact) mass is 309 g/mol. The SMILES string of the molecule is C=C(N=C(C)C(=O)Oc1ccccc1)C(=O)Oc1ccccc1. The van der Waals surface area contributed by atoms with Gasteiger partial charge in [-0.3, -0.25) is 0 Å². The summed E-state index contributed by atoms with van der Waals surface area (Å²) in [6, 6.07) is 17.1. The Hall–Kier alpha value is -3.21. The van der Waals surface area contributed by atoms with E-state index in [-0.39, 0.29) is 11.4 Å². The summed E-state index contributed by atoms with van der Waals surface area (Å²) in [5, 5.41) is 0. The number of carbonyl (C=O) groups is 2. The van der Waals surface area contributed by atoms with Crippen LogP contribution in [0.5, 0.6) is 11.5 Å². The molecule has 116 valence electrons. The molecule has 2 aromatic carbocycles. The summed E-state index contributed by atoms with van der Waals surface area (Å²) >= 11 is 0. The fourth-order valence-corrected chi connectivity index (χ4v) is 1.62. The Bertz CT molecular complexity index is 736. The lowest BCUT2D eigenvalue weighted by Gasteiger charge is -2.05. The van der Waals surface area contributed by atoms with Crippen molar-refractivity contribution in [3.8, 4) is 11.5 Å². The Morgan fingerprint density at radius 2 is 1.26 bits per heavy atom. The fraction of sp³-hybridized carbons (Fsp3) is 0.0556. The van der Waals surface area contributed by atoms with Gasteiger partial charge >= 0.3 is 11.9 Å². The van der Waals surface area contributed by atoms with E-state index in [4.69, 9.17) is 9.47 Å². The minimum Gasteiger partial charge on any atom is -0.422 e. The van der Waals surface area contributed by atoms with Gasteiger partial charge in [0.2, 0.25) is 0 Å². The van der Waals surface area contributed by atoms with Crippen LogP contribution in [-0.2, 0) is 9.59 Å². The molecule has 0 saturated heterocycles. The fourth-order valence-electron chi connectivity index (χ4n) is 1.62. The van der Waals surface area contributed by atoms with E-state index < -0.39 is 11.9 Å². The molecule has 0 N–H and O–H groups in total. The number of ether oxygens (including phenoxy) is 2. The molecule has 0 heterocycles. The Morgan fingerprint density at radius 3 is 1.74 bits per heavy atom. The van der Waals surface area contributed by atoms with Gasteiger partial charge in [0.25, 0.3) is 0 Å². The number of para-hydroxylation sites is 2. The van der Waals surface area contributed by atoms with Crippen LogP contribution in [0.1, 0.15) is 6.92 Å². The second-order valence-corrected chi connectivity index (χ2v) is 4.55. The average molecular weight is 309 g/mol. The van der Waals surface area contributed by atoms with Crippen molar-refractivity contribution in [2.24, 2.45) is 4.99 Å². The Balaban J connectivity index is 1.97. The molecule has 0 aliphatic rings. The number of benzene rings is 2. The zero-order valence-corrected chi connectivity index (χ0v) is 12.6. The summed E-state index contributed by atoms with van der Waals surface area (Å²) in [6.45, 7) is 4.95. The third-order valence-corrected chi connectivity index (χ3v) is 2.74. The molecule has 0 spiro atoms. The number of carbonyl (C=O) groups excluding carboxylic acids is 2. The molecule has 5 heteroatoms. The Kier molecular flexibility index (Phi) is 5.41. The van der Waals surface area contributed by atoms with Crippen molar-refractivity contribution >= 4 is 17.7 Å². The maximum atomic E-state index is 11.9. The molecule has 5 nitrogen and oxygen atoms in total. The molecule has 0 aromatic heterocycles. The van der Waals surface area contributed by atoms with E-state index in [0.717, 1.165) is 0 Å². The van der Waals surface area contributed by atoms with Crippen LogP contribution >= 0.6 is 0 Å². The topological polar surface area (TPSA) is 65.0 Å². The van der Waals surface area contributed by atoms with Gasteiger partial charge in [0.15, 0.2) is 0 Å². The lowest BCUT2D eigenvalue weighted by molar-refractivity contribution is -0.130. The van der Waals surface area contributed by atoms with Gasteiger partial charge in [-0.25, -0.2) is 14.6 Å². The maximum absolute atomic E-state index is 11.9. The first kappa shape index (κ1) is 16.2. The van der Waals surface area contributed by atoms with Crippen molar-refractivity contribution in [2.45, 2.75) is 6.92 Å². The predicted octanol–water partition coefficient (Wildman–Crippen LogP) is 3.17. The number of hydrogen-bond acceptors (Lipinski definition) is 5. The third kappa shape index (κ3) is 4.93. The average Bonchev–Trinajstić information content (AvgIpc) is 2.56. The van der Waals surface area contributed by atoms with Crippen LogP contribution in [0.25, 0.3) is 0 Å². The maximum Gasteiger partial charge on any atom is 0.361 e. The number of rotatable bonds is 5. The van der Waals surface area contributed by atoms with E-state index in [1.165, 1.54) is 6.92 Å². The zero-order chi connectivity index (χ0) is 16.7. The summed E-state index contributed by atoms with van der Waals surface area (Å²) in [6.07, 6.45) is 0. The first-order valence-corrected chi connectivity index (χ1v) is 6.85. The van der Waals surface area contributed by atoms with Crippen LogP contribution < -0.4 is 9.47 Å². The molecule has 23 heavy (non-hydrogen) atoms. The first-order chi connectivity index (χ1) is 11.1. The van der Waals surface area contributed by atoms with E-state index in [2.05, 4.69) is 11.6 Å². The number of hydrogen-bond donors (Lipinski definition) is 0. The molecule has 0 aliphatic carbocycles. The van der Waals surface area contributed by atoms with Crippen LogP contribution in [0.2, 0.25) is 0 Å². The zero-order valence-electron chi connectivity index (χ0n) is 12.6. The molecular weight excluding hydrogens is 294 g/mol. The Morgan fingerprint density at radius 1 is 0.826 bits per heavy atom. The molecule has 0 saturated carbocycles. The molecule has 0 radical (unpaired) electrons. The number of nitrogens with zero attached hydrogens (tertiary/aromatic N) is 1. The molecule has 0 bridgehead atoms. The summed E-state index contributed by atoms with van der Waals surface area (Å²) in [4.78, 5) is 27.6. The van der Waals surface area contributed by atoms with Crippen molar-refractivity contribution in [3.05, 3.63) is 72.9 Å². The highest BCUT2D eigenvalue weighted by molar-refractivity contribution is 6.36. The highest BCUT2D eigenvalue weighted by atomic mass is 16.5. The summed E-state index contributed by atoms with van der Waals surface area (Å²) in [5.74, 6) is -0.629. The number of aliphatic imine (C=N–C) groups is 1. The standard InChI is InChI=1S/C18H15NO4/c1-13(17(20)22-15-9-5-3-6-10-15)19-14(2)18(21)23-16-11-7-4-8-12-16/h3-12H,1H2,2H3. The third-order valence-electron chi connectivity index (χ3n) is 2.74. The lowest BCUT2D eigenvalue weighted by atomic mass is 10.3. The van der Waals surface area contributed by atoms with Gasteiger partial charge in [-0.05, 0) is 31.2 Å². The quantitative estimate of drug-likeness (QED) is 0.368. The normalized spacial score (nSPS) is 10.7. The minimum absolute atomic E-state index is 0.00358. The highest BCUT2D eigenvalue weighted by Crippen LogP contribution is 2.12. The van der Waals surface area contributed by atoms with E-state index >= 15 is 0 Å². The van der Waals surface area contributed by atoms with Crippen LogP contribution in [0.3, 0.4) is 0 Å². The summed E-state index contributed by atoms with van der Waals surface area (Å²) in [7, 11) is 0. The van der Waals surface area contributed by atoms with Crippen LogP contribution in [0.15, 0.2) is 77.9 Å². The van der Waals surface area contributed by atoms with E-state index in [0.29, 0.717) is 11.5 Å². The van der Waals surface area contributed by atoms with E-state index in [9.17, 15) is 9.59 Å². The van der Waals surface area contributed by atoms with Gasteiger partial charge in [0, 0.05) is 0 Å². The number of esters is 2. The van der Waals surface area contributed by atoms with Crippen molar-refractivity contribution in [1.29, 1.82) is 0 Å². The minimum atomic E-state index is -0.733. The Labute approximate surface area is 133 Å². The largest absolute Gasteiger partial charge is 0.422 e. The highest BCUT2D eigenvalue weighted by Gasteiger charge is 2.14. The van der Waals surface area contributed by atoms with Crippen molar-refractivity contribution in [2.75, 3.05) is 0 Å². The van der Waals surface area contributed by atoms with Gasteiger partial charge in [-0.1, -0.05) is 43.0 Å². The second kappa shape index (κ2) is 7.70. The van der Waals surface area contributed by atoms with Crippen molar-refractivity contribution in [3.63, 3.8) is 0 Å². The van der Waals surface area contributed by atoms with Crippen LogP contribution in [-0.4, -0.2) is 17.7 Å². The van der Waals surface area contributed by atoms with Gasteiger partial charge in [0.05, 0.1) is 0 Å². The van der Waals surface area contributed by atoms with Crippen LogP contribution in [0, 0.1) is 0 Å². The first-order valence-electron chi connectivity index (χ1n) is 6.85. The molecule has 0 aliphatic heterocycles. The molecule has 0 amide bonds. The van der Waals surface area contributed by atoms with Gasteiger partial charge in [-0.2, -0.15) is 0 Å². The summed E-state index contributed by atoms with van der Waals surface area (Å²) in [5.41, 5.74) is -0.180. The summed E-state index contributed by atoms with van der Waals surface area (Å²) < 4.78 is 10.2. The predicted molar refractivity (Wildman–Crippen MR) is 86.4 cm³/mol. The second-order valence-electron chi connectivity index (χ2n) is 4.55. The van der Waals surface area contributed by atoms with E-state index in [1.807, 2.05) is 0 Å². The molecule has 0 fully saturated rings. The van der Waals surface area contributed by atoms with Gasteiger partial charge < -0.3 is 9.47 Å². The van der Waals surface area contributed by atoms with Crippen molar-refractivity contribution in [1.82, 2.24) is 0 Å². The molecule has 0 unspecified atom stereocenters. The van der Waals surface area contributed by atoms with Crippen LogP contribution in [0.4, 0.5) is 0 Å². The molecule has 2 rings (SSSR count). The molecule has 0 atom stereocenters. The molecular formula is C18H15NO4. The van der Waals surface area contributed by atoms with Gasteiger partial charge in [0.1, 0.15) is 22.9 Å². The van der Waals surface area contributed by atoms with Gasteiger partial charge in [-0.15, -0.1) is 0 Å². The molecule has 2 aromatic rings. The van der Waals surface area contributed by atoms with Crippen molar-refractivity contribution < 1.29 is 19.1 Å².